The number of benzene rings is 1. The van der Waals surface area contributed by atoms with E-state index in [0.29, 0.717) is 30.2 Å². The molecule has 148 valence electrons. The minimum absolute atomic E-state index is 0.0552. The van der Waals surface area contributed by atoms with E-state index in [1.54, 1.807) is 23.1 Å². The molecule has 0 radical (unpaired) electrons. The van der Waals surface area contributed by atoms with Crippen LogP contribution in [0.1, 0.15) is 18.4 Å². The highest BCUT2D eigenvalue weighted by Crippen LogP contribution is 2.32. The van der Waals surface area contributed by atoms with E-state index in [4.69, 9.17) is 9.47 Å². The zero-order valence-corrected chi connectivity index (χ0v) is 15.7. The zero-order chi connectivity index (χ0) is 20.8. The van der Waals surface area contributed by atoms with Crippen molar-refractivity contribution >= 4 is 17.7 Å². The van der Waals surface area contributed by atoms with Crippen LogP contribution >= 0.6 is 0 Å². The molecular weight excluding hydrogens is 376 g/mol. The van der Waals surface area contributed by atoms with Crippen LogP contribution in [0.2, 0.25) is 0 Å². The summed E-state index contributed by atoms with van der Waals surface area (Å²) in [6.07, 6.45) is 4.50. The van der Waals surface area contributed by atoms with Gasteiger partial charge >= 0.3 is 0 Å². The van der Waals surface area contributed by atoms with Gasteiger partial charge in [0.25, 0.3) is 11.6 Å². The van der Waals surface area contributed by atoms with Gasteiger partial charge in [0.15, 0.2) is 11.5 Å². The van der Waals surface area contributed by atoms with Crippen molar-refractivity contribution in [2.75, 3.05) is 20.2 Å². The monoisotopic (exact) mass is 394 g/mol. The highest BCUT2D eigenvalue weighted by Gasteiger charge is 2.21. The molecule has 1 aromatic carbocycles. The number of amides is 1. The molecule has 9 heteroatoms. The third-order valence-electron chi connectivity index (χ3n) is 4.39. The Morgan fingerprint density at radius 1 is 1.28 bits per heavy atom. The van der Waals surface area contributed by atoms with Crippen LogP contribution in [0.3, 0.4) is 0 Å². The van der Waals surface area contributed by atoms with Gasteiger partial charge < -0.3 is 14.4 Å². The Morgan fingerprint density at radius 3 is 2.62 bits per heavy atom. The topological polar surface area (TPSA) is 119 Å². The quantitative estimate of drug-likeness (QED) is 0.319. The maximum atomic E-state index is 12.4. The molecule has 1 aliphatic heterocycles. The molecule has 0 spiro atoms. The summed E-state index contributed by atoms with van der Waals surface area (Å²) in [5, 5.41) is 20.1. The number of nitro groups is 1. The van der Waals surface area contributed by atoms with Gasteiger partial charge in [-0.3, -0.25) is 14.9 Å². The lowest BCUT2D eigenvalue weighted by Crippen LogP contribution is -2.28. The molecular formula is C20H18N4O5. The molecule has 1 saturated heterocycles. The second kappa shape index (κ2) is 8.84. The Kier molecular flexibility index (Phi) is 6.04. The number of hydrogen-bond acceptors (Lipinski definition) is 7. The van der Waals surface area contributed by atoms with E-state index in [0.717, 1.165) is 19.0 Å². The number of ether oxygens (including phenoxy) is 2. The van der Waals surface area contributed by atoms with Crippen LogP contribution in [-0.4, -0.2) is 40.9 Å². The number of hydrogen-bond donors (Lipinski definition) is 0. The van der Waals surface area contributed by atoms with Crippen LogP contribution in [0.5, 0.6) is 17.4 Å². The first-order valence-corrected chi connectivity index (χ1v) is 8.89. The molecule has 0 bridgehead atoms. The first-order valence-electron chi connectivity index (χ1n) is 8.89. The Bertz CT molecular complexity index is 989. The lowest BCUT2D eigenvalue weighted by Gasteiger charge is -2.14. The molecule has 3 rings (SSSR count). The zero-order valence-electron chi connectivity index (χ0n) is 15.7. The van der Waals surface area contributed by atoms with Crippen LogP contribution in [0.15, 0.2) is 42.1 Å². The van der Waals surface area contributed by atoms with E-state index in [9.17, 15) is 20.2 Å². The van der Waals surface area contributed by atoms with Crippen molar-refractivity contribution < 1.29 is 19.2 Å². The lowest BCUT2D eigenvalue weighted by molar-refractivity contribution is -0.385. The number of carbonyl (C=O) groups is 1. The van der Waals surface area contributed by atoms with Gasteiger partial charge in [0, 0.05) is 25.2 Å². The lowest BCUT2D eigenvalue weighted by atomic mass is 10.1. The first kappa shape index (κ1) is 19.8. The van der Waals surface area contributed by atoms with Crippen molar-refractivity contribution in [3.8, 4) is 23.4 Å². The summed E-state index contributed by atoms with van der Waals surface area (Å²) < 4.78 is 11.0. The minimum Gasteiger partial charge on any atom is -0.493 e. The summed E-state index contributed by atoms with van der Waals surface area (Å²) in [6.45, 7) is 1.33. The Morgan fingerprint density at radius 2 is 2.03 bits per heavy atom. The predicted octanol–water partition coefficient (Wildman–Crippen LogP) is 3.32. The predicted molar refractivity (Wildman–Crippen MR) is 103 cm³/mol. The second-order valence-electron chi connectivity index (χ2n) is 6.29. The van der Waals surface area contributed by atoms with Crippen LogP contribution in [0.4, 0.5) is 5.69 Å². The van der Waals surface area contributed by atoms with Gasteiger partial charge in [-0.2, -0.15) is 5.26 Å². The van der Waals surface area contributed by atoms with E-state index < -0.39 is 4.92 Å². The molecule has 0 atom stereocenters. The Hall–Kier alpha value is -3.93. The molecule has 1 fully saturated rings. The standard InChI is InChI=1S/C20H18N4O5/c1-28-18-11-14(10-15(12-21)20(25)23-8-2-3-9-23)4-6-17(18)29-19-7-5-16(13-22-19)24(26)27/h4-7,10-11,13H,2-3,8-9H2,1H3/b15-10+. The third kappa shape index (κ3) is 4.68. The summed E-state index contributed by atoms with van der Waals surface area (Å²) >= 11 is 0. The van der Waals surface area contributed by atoms with Crippen molar-refractivity contribution in [3.63, 3.8) is 0 Å². The summed E-state index contributed by atoms with van der Waals surface area (Å²) in [7, 11) is 1.46. The molecule has 0 aliphatic carbocycles. The van der Waals surface area contributed by atoms with Crippen molar-refractivity contribution in [2.24, 2.45) is 0 Å². The number of pyridine rings is 1. The van der Waals surface area contributed by atoms with Gasteiger partial charge in [-0.15, -0.1) is 0 Å². The van der Waals surface area contributed by atoms with Gasteiger partial charge in [0.1, 0.15) is 17.8 Å². The first-order chi connectivity index (χ1) is 14.0. The fourth-order valence-corrected chi connectivity index (χ4v) is 2.91. The molecule has 1 aliphatic rings. The van der Waals surface area contributed by atoms with Gasteiger partial charge in [-0.1, -0.05) is 6.07 Å². The normalized spacial score (nSPS) is 13.7. The molecule has 0 N–H and O–H groups in total. The van der Waals surface area contributed by atoms with Crippen LogP contribution in [0, 0.1) is 21.4 Å². The largest absolute Gasteiger partial charge is 0.493 e. The van der Waals surface area contributed by atoms with E-state index >= 15 is 0 Å². The number of aromatic nitrogens is 1. The molecule has 0 unspecified atom stereocenters. The number of methoxy groups -OCH3 is 1. The van der Waals surface area contributed by atoms with E-state index in [1.807, 2.05) is 6.07 Å². The highest BCUT2D eigenvalue weighted by molar-refractivity contribution is 6.01. The Balaban J connectivity index is 1.81. The van der Waals surface area contributed by atoms with Gasteiger partial charge in [0.05, 0.1) is 12.0 Å². The summed E-state index contributed by atoms with van der Waals surface area (Å²) in [5.41, 5.74) is 0.520. The molecule has 1 amide bonds. The molecule has 29 heavy (non-hydrogen) atoms. The van der Waals surface area contributed by atoms with Gasteiger partial charge in [0.2, 0.25) is 5.88 Å². The smallest absolute Gasteiger partial charge is 0.287 e. The maximum absolute atomic E-state index is 12.4. The molecule has 9 nitrogen and oxygen atoms in total. The van der Waals surface area contributed by atoms with Crippen molar-refractivity contribution in [3.05, 3.63) is 57.8 Å². The highest BCUT2D eigenvalue weighted by atomic mass is 16.6. The average Bonchev–Trinajstić information content (AvgIpc) is 3.27. The summed E-state index contributed by atoms with van der Waals surface area (Å²) in [5.74, 6) is 0.596. The maximum Gasteiger partial charge on any atom is 0.287 e. The Labute approximate surface area is 166 Å². The van der Waals surface area contributed by atoms with Crippen LogP contribution < -0.4 is 9.47 Å². The number of nitrogens with zero attached hydrogens (tertiary/aromatic N) is 4. The number of carbonyl (C=O) groups excluding carboxylic acids is 1. The van der Waals surface area contributed by atoms with Crippen molar-refractivity contribution in [2.45, 2.75) is 12.8 Å². The van der Waals surface area contributed by atoms with E-state index in [2.05, 4.69) is 4.98 Å². The summed E-state index contributed by atoms with van der Waals surface area (Å²) in [4.78, 5) is 28.2. The van der Waals surface area contributed by atoms with E-state index in [-0.39, 0.29) is 23.0 Å². The van der Waals surface area contributed by atoms with Crippen molar-refractivity contribution in [1.29, 1.82) is 5.26 Å². The fraction of sp³-hybridized carbons (Fsp3) is 0.250. The average molecular weight is 394 g/mol. The minimum atomic E-state index is -0.547. The molecule has 1 aromatic heterocycles. The molecule has 2 heterocycles. The van der Waals surface area contributed by atoms with Crippen molar-refractivity contribution in [1.82, 2.24) is 9.88 Å². The summed E-state index contributed by atoms with van der Waals surface area (Å²) in [6, 6.07) is 9.56. The van der Waals surface area contributed by atoms with E-state index in [1.165, 1.54) is 25.3 Å². The number of likely N-dealkylation sites (tertiary alicyclic amines) is 1. The fourth-order valence-electron chi connectivity index (χ4n) is 2.91. The number of rotatable bonds is 6. The molecule has 2 aromatic rings. The third-order valence-corrected chi connectivity index (χ3v) is 4.39. The molecule has 0 saturated carbocycles. The van der Waals surface area contributed by atoms with Gasteiger partial charge in [-0.05, 0) is 36.6 Å². The van der Waals surface area contributed by atoms with Gasteiger partial charge in [-0.25, -0.2) is 4.98 Å². The SMILES string of the molecule is COc1cc(/C=C(\C#N)C(=O)N2CCCC2)ccc1Oc1ccc([N+](=O)[O-])cn1. The second-order valence-corrected chi connectivity index (χ2v) is 6.29. The van der Waals surface area contributed by atoms with Crippen LogP contribution in [-0.2, 0) is 4.79 Å². The number of nitriles is 1. The van der Waals surface area contributed by atoms with Crippen LogP contribution in [0.25, 0.3) is 6.08 Å².